The average Bonchev–Trinajstić information content (AvgIpc) is 2.26. The molecule has 0 saturated heterocycles. The van der Waals surface area contributed by atoms with Gasteiger partial charge in [0.25, 0.3) is 0 Å². The van der Waals surface area contributed by atoms with Gasteiger partial charge >= 0.3 is 0 Å². The highest BCUT2D eigenvalue weighted by atomic mass is 35.5. The molecule has 0 amide bonds. The van der Waals surface area contributed by atoms with Crippen molar-refractivity contribution in [3.05, 3.63) is 29.8 Å². The van der Waals surface area contributed by atoms with Crippen molar-refractivity contribution >= 4 is 20.7 Å². The predicted octanol–water partition coefficient (Wildman–Crippen LogP) is 3.09. The van der Waals surface area contributed by atoms with Crippen LogP contribution in [-0.4, -0.2) is 19.5 Å². The molecule has 18 heavy (non-hydrogen) atoms. The molecule has 0 unspecified atom stereocenters. The second-order valence-electron chi connectivity index (χ2n) is 5.28. The fourth-order valence-electron chi connectivity index (χ4n) is 1.59. The van der Waals surface area contributed by atoms with Crippen molar-refractivity contribution in [3.8, 4) is 5.75 Å². The molecule has 0 spiro atoms. The molecular weight excluding hydrogens is 266 g/mol. The summed E-state index contributed by atoms with van der Waals surface area (Å²) < 4.78 is 5.86. The Morgan fingerprint density at radius 1 is 1.22 bits per heavy atom. The van der Waals surface area contributed by atoms with Crippen LogP contribution in [-0.2, 0) is 0 Å². The van der Waals surface area contributed by atoms with Gasteiger partial charge in [0.1, 0.15) is 5.75 Å². The summed E-state index contributed by atoms with van der Waals surface area (Å²) in [4.78, 5) is 0. The monoisotopic (exact) mass is 289 g/mol. The van der Waals surface area contributed by atoms with Crippen LogP contribution in [0, 0.1) is 0 Å². The summed E-state index contributed by atoms with van der Waals surface area (Å²) >= 11 is 0. The molecule has 0 aliphatic rings. The first-order valence-electron chi connectivity index (χ1n) is 6.06. The molecule has 0 heterocycles. The van der Waals surface area contributed by atoms with Gasteiger partial charge in [0.15, 0.2) is 0 Å². The van der Waals surface area contributed by atoms with Crippen molar-refractivity contribution in [1.82, 2.24) is 0 Å². The number of hydrogen-bond donors (Lipinski definition) is 2. The molecule has 0 saturated carbocycles. The average molecular weight is 290 g/mol. The number of hydrogen-bond acceptors (Lipinski definition) is 3. The Morgan fingerprint density at radius 3 is 2.11 bits per heavy atom. The molecule has 3 N–H and O–H groups in total. The van der Waals surface area contributed by atoms with Crippen LogP contribution in [0.15, 0.2) is 24.3 Å². The Hall–Kier alpha value is -0.553. The van der Waals surface area contributed by atoms with E-state index in [-0.39, 0.29) is 18.4 Å². The Morgan fingerprint density at radius 2 is 1.72 bits per heavy atom. The van der Waals surface area contributed by atoms with Crippen molar-refractivity contribution in [2.75, 3.05) is 0 Å². The highest BCUT2D eigenvalue weighted by molar-refractivity contribution is 6.70. The second kappa shape index (κ2) is 7.14. The molecule has 1 aromatic carbocycles. The zero-order valence-corrected chi connectivity index (χ0v) is 13.3. The van der Waals surface area contributed by atoms with Crippen LogP contribution < -0.4 is 10.2 Å². The van der Waals surface area contributed by atoms with E-state index >= 15 is 0 Å². The van der Waals surface area contributed by atoms with Crippen LogP contribution in [0.5, 0.6) is 5.75 Å². The van der Waals surface area contributed by atoms with E-state index in [2.05, 4.69) is 19.6 Å². The Labute approximate surface area is 117 Å². The normalized spacial score (nSPS) is 14.6. The topological polar surface area (TPSA) is 55.5 Å². The zero-order chi connectivity index (χ0) is 13.1. The zero-order valence-electron chi connectivity index (χ0n) is 11.5. The van der Waals surface area contributed by atoms with Gasteiger partial charge in [-0.3, -0.25) is 0 Å². The maximum absolute atomic E-state index is 9.69. The summed E-state index contributed by atoms with van der Waals surface area (Å²) in [5, 5.41) is 9.69. The first-order valence-corrected chi connectivity index (χ1v) is 9.47. The first-order chi connectivity index (χ1) is 7.83. The molecule has 1 rings (SSSR count). The third kappa shape index (κ3) is 5.39. The molecule has 1 aromatic rings. The van der Waals surface area contributed by atoms with Gasteiger partial charge in [-0.2, -0.15) is 0 Å². The van der Waals surface area contributed by atoms with Crippen LogP contribution in [0.3, 0.4) is 0 Å². The van der Waals surface area contributed by atoms with Crippen molar-refractivity contribution in [1.29, 1.82) is 0 Å². The number of benzene rings is 1. The smallest absolute Gasteiger partial charge is 0.242 e. The lowest BCUT2D eigenvalue weighted by atomic mass is 10.0. The van der Waals surface area contributed by atoms with Crippen LogP contribution in [0.4, 0.5) is 0 Å². The summed E-state index contributed by atoms with van der Waals surface area (Å²) in [6, 6.07) is 7.39. The van der Waals surface area contributed by atoms with Crippen molar-refractivity contribution in [3.63, 3.8) is 0 Å². The largest absolute Gasteiger partial charge is 0.544 e. The quantitative estimate of drug-likeness (QED) is 0.819. The van der Waals surface area contributed by atoms with Crippen molar-refractivity contribution in [2.45, 2.75) is 45.1 Å². The molecule has 2 atom stereocenters. The van der Waals surface area contributed by atoms with E-state index in [0.717, 1.165) is 11.3 Å². The highest BCUT2D eigenvalue weighted by Gasteiger charge is 2.17. The highest BCUT2D eigenvalue weighted by Crippen LogP contribution is 2.21. The molecule has 3 nitrogen and oxygen atoms in total. The van der Waals surface area contributed by atoms with E-state index < -0.39 is 14.4 Å². The van der Waals surface area contributed by atoms with Crippen LogP contribution in [0.25, 0.3) is 0 Å². The van der Waals surface area contributed by atoms with Gasteiger partial charge in [-0.15, -0.1) is 12.4 Å². The minimum atomic E-state index is -1.55. The van der Waals surface area contributed by atoms with Gasteiger partial charge < -0.3 is 15.3 Å². The molecule has 0 aromatic heterocycles. The van der Waals surface area contributed by atoms with Crippen LogP contribution in [0.1, 0.15) is 24.9 Å². The molecule has 0 bridgehead atoms. The number of halogens is 1. The number of nitrogens with two attached hydrogens (primary N) is 1. The Bertz CT molecular complexity index is 351. The summed E-state index contributed by atoms with van der Waals surface area (Å²) in [6.07, 6.45) is 0.174. The summed E-state index contributed by atoms with van der Waals surface area (Å²) in [7, 11) is -1.55. The molecule has 0 radical (unpaired) electrons. The van der Waals surface area contributed by atoms with Gasteiger partial charge in [0.05, 0.1) is 12.1 Å². The lowest BCUT2D eigenvalue weighted by molar-refractivity contribution is 0.140. The standard InChI is InChI=1S/C13H23NO2Si.ClH/c1-5-12(15)13(14)10-6-8-11(9-7-10)16-17(2,3)4;/h6-9,12-13,15H,5,14H2,1-4H3;1H/t12-,13+;/m0./s1. The second-order valence-corrected chi connectivity index (χ2v) is 9.71. The van der Waals surface area contributed by atoms with Gasteiger partial charge in [-0.05, 0) is 43.8 Å². The summed E-state index contributed by atoms with van der Waals surface area (Å²) in [6.45, 7) is 8.36. The van der Waals surface area contributed by atoms with Crippen molar-refractivity contribution < 1.29 is 9.53 Å². The third-order valence-electron chi connectivity index (χ3n) is 2.52. The first kappa shape index (κ1) is 17.4. The summed E-state index contributed by atoms with van der Waals surface area (Å²) in [5.41, 5.74) is 6.89. The van der Waals surface area contributed by atoms with Crippen LogP contribution in [0.2, 0.25) is 19.6 Å². The molecule has 0 aliphatic carbocycles. The Kier molecular flexibility index (Phi) is 6.92. The lowest BCUT2D eigenvalue weighted by Crippen LogP contribution is -2.29. The van der Waals surface area contributed by atoms with E-state index in [1.807, 2.05) is 31.2 Å². The van der Waals surface area contributed by atoms with E-state index in [1.54, 1.807) is 0 Å². The van der Waals surface area contributed by atoms with Gasteiger partial charge in [-0.25, -0.2) is 0 Å². The predicted molar refractivity (Wildman–Crippen MR) is 80.9 cm³/mol. The Balaban J connectivity index is 0.00000289. The van der Waals surface area contributed by atoms with Gasteiger partial charge in [0, 0.05) is 0 Å². The SMILES string of the molecule is CC[C@H](O)[C@H](N)c1ccc(O[Si](C)(C)C)cc1.Cl. The molecule has 104 valence electrons. The molecule has 5 heteroatoms. The maximum Gasteiger partial charge on any atom is 0.242 e. The van der Waals surface area contributed by atoms with Crippen molar-refractivity contribution in [2.24, 2.45) is 5.73 Å². The molecule has 0 fully saturated rings. The number of aliphatic hydroxyl groups excluding tert-OH is 1. The number of rotatable bonds is 5. The van der Waals surface area contributed by atoms with Gasteiger partial charge in [-0.1, -0.05) is 19.1 Å². The van der Waals surface area contributed by atoms with E-state index in [4.69, 9.17) is 10.2 Å². The fraction of sp³-hybridized carbons (Fsp3) is 0.538. The minimum Gasteiger partial charge on any atom is -0.544 e. The fourth-order valence-corrected chi connectivity index (χ4v) is 2.43. The van der Waals surface area contributed by atoms with Crippen LogP contribution >= 0.6 is 12.4 Å². The summed E-state index contributed by atoms with van der Waals surface area (Å²) in [5.74, 6) is 0.881. The third-order valence-corrected chi connectivity index (χ3v) is 3.37. The van der Waals surface area contributed by atoms with Gasteiger partial charge in [0.2, 0.25) is 8.32 Å². The lowest BCUT2D eigenvalue weighted by Gasteiger charge is -2.21. The maximum atomic E-state index is 9.69. The van der Waals surface area contributed by atoms with E-state index in [0.29, 0.717) is 6.42 Å². The van der Waals surface area contributed by atoms with E-state index in [1.165, 1.54) is 0 Å². The number of aliphatic hydroxyl groups is 1. The molecule has 0 aliphatic heterocycles. The van der Waals surface area contributed by atoms with E-state index in [9.17, 15) is 5.11 Å². The minimum absolute atomic E-state index is 0. The molecular formula is C13H24ClNO2Si.